The Bertz CT molecular complexity index is 1590. The summed E-state index contributed by atoms with van der Waals surface area (Å²) in [7, 11) is -4.10. The molecule has 0 radical (unpaired) electrons. The van der Waals surface area contributed by atoms with Crippen molar-refractivity contribution in [1.29, 1.82) is 0 Å². The van der Waals surface area contributed by atoms with Crippen LogP contribution in [-0.2, 0) is 10.0 Å². The van der Waals surface area contributed by atoms with Gasteiger partial charge in [0, 0.05) is 5.69 Å². The number of carbonyl (C=O) groups is 1. The summed E-state index contributed by atoms with van der Waals surface area (Å²) in [6, 6.07) is 12.2. The van der Waals surface area contributed by atoms with Gasteiger partial charge in [-0.25, -0.2) is 27.3 Å². The molecule has 4 rings (SSSR count). The van der Waals surface area contributed by atoms with Crippen LogP contribution in [0, 0.1) is 0 Å². The summed E-state index contributed by atoms with van der Waals surface area (Å²) in [4.78, 5) is 40.0. The van der Waals surface area contributed by atoms with Crippen LogP contribution in [-0.4, -0.2) is 24.0 Å². The van der Waals surface area contributed by atoms with Crippen molar-refractivity contribution < 1.29 is 13.2 Å². The van der Waals surface area contributed by atoms with Crippen molar-refractivity contribution in [3.8, 4) is 5.69 Å². The third kappa shape index (κ3) is 4.28. The number of aromatic nitrogens is 2. The Hall–Kier alpha value is -3.12. The van der Waals surface area contributed by atoms with E-state index in [2.05, 4.69) is 10.3 Å². The zero-order valence-electron chi connectivity index (χ0n) is 15.8. The topological polar surface area (TPSA) is 130 Å². The average molecular weight is 511 g/mol. The number of benzene rings is 2. The quantitative estimate of drug-likeness (QED) is 0.386. The Morgan fingerprint density at radius 3 is 2.47 bits per heavy atom. The lowest BCUT2D eigenvalue weighted by Gasteiger charge is -2.11. The zero-order valence-corrected chi connectivity index (χ0v) is 18.9. The van der Waals surface area contributed by atoms with Crippen LogP contribution in [0.2, 0.25) is 9.36 Å². The fourth-order valence-electron chi connectivity index (χ4n) is 2.92. The van der Waals surface area contributed by atoms with Crippen LogP contribution in [0.5, 0.6) is 0 Å². The first-order chi connectivity index (χ1) is 15.2. The Kier molecular flexibility index (Phi) is 5.82. The number of anilines is 1. The minimum Gasteiger partial charge on any atom is -0.307 e. The molecule has 0 unspecified atom stereocenters. The number of fused-ring (bicyclic) bond motifs is 1. The predicted octanol–water partition coefficient (Wildman–Crippen LogP) is 3.56. The number of carbonyl (C=O) groups excluding carboxylic acids is 1. The van der Waals surface area contributed by atoms with Crippen LogP contribution in [0.1, 0.15) is 0 Å². The fraction of sp³-hybridized carbons (Fsp3) is 0. The maximum absolute atomic E-state index is 12.8. The number of nitrogens with zero attached hydrogens (tertiary/aromatic N) is 1. The summed E-state index contributed by atoms with van der Waals surface area (Å²) in [5.41, 5.74) is -0.630. The number of hydrogen-bond acceptors (Lipinski definition) is 6. The normalized spacial score (nSPS) is 11.4. The number of amides is 2. The van der Waals surface area contributed by atoms with Crippen molar-refractivity contribution in [1.82, 2.24) is 14.3 Å². The summed E-state index contributed by atoms with van der Waals surface area (Å²) < 4.78 is 27.3. The number of aromatic amines is 1. The van der Waals surface area contributed by atoms with E-state index in [9.17, 15) is 22.8 Å². The number of para-hydroxylation sites is 1. The molecule has 32 heavy (non-hydrogen) atoms. The van der Waals surface area contributed by atoms with E-state index in [-0.39, 0.29) is 24.9 Å². The maximum Gasteiger partial charge on any atom is 0.333 e. The molecule has 0 saturated carbocycles. The van der Waals surface area contributed by atoms with Gasteiger partial charge in [0.15, 0.2) is 0 Å². The Labute approximate surface area is 194 Å². The highest BCUT2D eigenvalue weighted by Gasteiger charge is 2.20. The van der Waals surface area contributed by atoms with Crippen LogP contribution in [0.4, 0.5) is 10.5 Å². The number of nitrogens with one attached hydrogen (secondary N) is 3. The molecular weight excluding hydrogens is 499 g/mol. The molecule has 2 aromatic carbocycles. The van der Waals surface area contributed by atoms with E-state index in [1.165, 1.54) is 30.3 Å². The van der Waals surface area contributed by atoms with Gasteiger partial charge in [-0.3, -0.25) is 4.79 Å². The number of H-pyrrole nitrogens is 1. The van der Waals surface area contributed by atoms with Crippen LogP contribution < -0.4 is 21.3 Å². The number of rotatable bonds is 4. The third-order valence-electron chi connectivity index (χ3n) is 4.29. The van der Waals surface area contributed by atoms with Crippen molar-refractivity contribution in [2.45, 2.75) is 4.21 Å². The second-order valence-electron chi connectivity index (χ2n) is 6.40. The molecule has 13 heteroatoms. The number of thiophene rings is 1. The zero-order chi connectivity index (χ0) is 23.0. The molecule has 0 aliphatic rings. The summed E-state index contributed by atoms with van der Waals surface area (Å²) in [6.07, 6.45) is 0. The van der Waals surface area contributed by atoms with Crippen molar-refractivity contribution in [3.05, 3.63) is 84.8 Å². The van der Waals surface area contributed by atoms with Gasteiger partial charge < -0.3 is 10.3 Å². The van der Waals surface area contributed by atoms with Gasteiger partial charge in [-0.15, -0.1) is 11.3 Å². The lowest BCUT2D eigenvalue weighted by molar-refractivity contribution is 0.256. The van der Waals surface area contributed by atoms with E-state index in [1.807, 2.05) is 4.72 Å². The lowest BCUT2D eigenvalue weighted by Crippen LogP contribution is -2.34. The molecule has 9 nitrogen and oxygen atoms in total. The second kappa shape index (κ2) is 8.43. The first kappa shape index (κ1) is 22.1. The van der Waals surface area contributed by atoms with Crippen molar-refractivity contribution >= 4 is 67.2 Å². The van der Waals surface area contributed by atoms with Crippen LogP contribution in [0.15, 0.2) is 68.4 Å². The van der Waals surface area contributed by atoms with E-state index in [0.29, 0.717) is 10.9 Å². The van der Waals surface area contributed by atoms with Gasteiger partial charge >= 0.3 is 11.7 Å². The van der Waals surface area contributed by atoms with Crippen molar-refractivity contribution in [2.24, 2.45) is 0 Å². The number of hydrogen-bond donors (Lipinski definition) is 3. The molecule has 4 aromatic rings. The third-order valence-corrected chi connectivity index (χ3v) is 7.65. The minimum absolute atomic E-state index is 0.0152. The molecule has 0 saturated heterocycles. The van der Waals surface area contributed by atoms with E-state index in [4.69, 9.17) is 23.2 Å². The fourth-order valence-corrected chi connectivity index (χ4v) is 5.57. The molecule has 0 fully saturated rings. The molecule has 0 atom stereocenters. The van der Waals surface area contributed by atoms with Gasteiger partial charge in [0.05, 0.1) is 25.9 Å². The lowest BCUT2D eigenvalue weighted by atomic mass is 10.2. The Morgan fingerprint density at radius 1 is 1.03 bits per heavy atom. The predicted molar refractivity (Wildman–Crippen MR) is 124 cm³/mol. The van der Waals surface area contributed by atoms with Crippen molar-refractivity contribution in [3.63, 3.8) is 0 Å². The molecule has 3 N–H and O–H groups in total. The summed E-state index contributed by atoms with van der Waals surface area (Å²) in [5, 5.41) is 2.62. The first-order valence-electron chi connectivity index (χ1n) is 8.79. The summed E-state index contributed by atoms with van der Waals surface area (Å²) in [6.45, 7) is 0. The van der Waals surface area contributed by atoms with Crippen LogP contribution in [0.25, 0.3) is 16.6 Å². The van der Waals surface area contributed by atoms with E-state index >= 15 is 0 Å². The second-order valence-corrected chi connectivity index (χ2v) is 10.4. The van der Waals surface area contributed by atoms with Crippen LogP contribution in [0.3, 0.4) is 0 Å². The van der Waals surface area contributed by atoms with Gasteiger partial charge in [0.2, 0.25) is 0 Å². The molecule has 0 aliphatic carbocycles. The highest BCUT2D eigenvalue weighted by Crippen LogP contribution is 2.26. The van der Waals surface area contributed by atoms with E-state index in [1.54, 1.807) is 24.3 Å². The first-order valence-corrected chi connectivity index (χ1v) is 11.8. The smallest absolute Gasteiger partial charge is 0.307 e. The minimum atomic E-state index is -4.10. The van der Waals surface area contributed by atoms with Gasteiger partial charge in [0.1, 0.15) is 4.21 Å². The molecule has 0 bridgehead atoms. The molecule has 2 amide bonds. The van der Waals surface area contributed by atoms with Gasteiger partial charge in [-0.2, -0.15) is 0 Å². The van der Waals surface area contributed by atoms with E-state index < -0.39 is 27.3 Å². The highest BCUT2D eigenvalue weighted by molar-refractivity contribution is 7.92. The average Bonchev–Trinajstić information content (AvgIpc) is 3.16. The van der Waals surface area contributed by atoms with Gasteiger partial charge in [0.25, 0.3) is 15.6 Å². The maximum atomic E-state index is 12.8. The van der Waals surface area contributed by atoms with Gasteiger partial charge in [-0.1, -0.05) is 35.3 Å². The van der Waals surface area contributed by atoms with Gasteiger partial charge in [-0.05, 0) is 42.5 Å². The molecule has 2 aromatic heterocycles. The number of halogens is 2. The number of sulfonamides is 1. The monoisotopic (exact) mass is 510 g/mol. The van der Waals surface area contributed by atoms with E-state index in [0.717, 1.165) is 15.9 Å². The van der Waals surface area contributed by atoms with Crippen molar-refractivity contribution in [2.75, 3.05) is 5.32 Å². The largest absolute Gasteiger partial charge is 0.333 e. The number of urea groups is 1. The summed E-state index contributed by atoms with van der Waals surface area (Å²) >= 11 is 12.8. The molecular formula is C19H12Cl2N4O5S2. The highest BCUT2D eigenvalue weighted by atomic mass is 35.5. The molecule has 164 valence electrons. The summed E-state index contributed by atoms with van der Waals surface area (Å²) in [5.74, 6) is 0. The molecule has 0 aliphatic heterocycles. The Morgan fingerprint density at radius 2 is 1.78 bits per heavy atom. The standard InChI is InChI=1S/C19H12Cl2N4O5S2/c20-12-9-10(22-18(27)24-32(29,30)16-8-7-15(21)31-16)5-6-14(12)25-17(26)11-3-1-2-4-13(11)23-19(25)28/h1-9H,(H,23,28)(H2,22,24,27). The molecule has 2 heterocycles. The Balaban J connectivity index is 1.61. The van der Waals surface area contributed by atoms with Crippen LogP contribution >= 0.6 is 34.5 Å². The SMILES string of the molecule is O=C(Nc1ccc(-n2c(=O)[nH]c3ccccc3c2=O)c(Cl)c1)NS(=O)(=O)c1ccc(Cl)s1. The molecule has 0 spiro atoms.